The van der Waals surface area contributed by atoms with Gasteiger partial charge in [-0.3, -0.25) is 4.31 Å². The molecule has 2 N–H and O–H groups in total. The first-order valence-electron chi connectivity index (χ1n) is 9.19. The number of hydrogen-bond acceptors (Lipinski definition) is 6. The van der Waals surface area contributed by atoms with Crippen LogP contribution in [0.5, 0.6) is 0 Å². The third-order valence-electron chi connectivity index (χ3n) is 5.07. The van der Waals surface area contributed by atoms with Gasteiger partial charge in [-0.1, -0.05) is 30.3 Å². The quantitative estimate of drug-likeness (QED) is 0.514. The number of nitrogens with two attached hydrogens (primary N) is 1. The normalized spacial score (nSPS) is 19.3. The molecule has 0 spiro atoms. The summed E-state index contributed by atoms with van der Waals surface area (Å²) in [5.41, 5.74) is 8.62. The number of hydrogen-bond donors (Lipinski definition) is 1. The Morgan fingerprint density at radius 1 is 1.23 bits per heavy atom. The summed E-state index contributed by atoms with van der Waals surface area (Å²) in [6, 6.07) is 12.8. The van der Waals surface area contributed by atoms with Crippen LogP contribution < -0.4 is 5.73 Å². The summed E-state index contributed by atoms with van der Waals surface area (Å²) in [4.78, 5) is 8.98. The topological polar surface area (TPSA) is 84.7 Å². The van der Waals surface area contributed by atoms with Gasteiger partial charge in [-0.15, -0.1) is 11.3 Å². The molecule has 0 saturated carbocycles. The Labute approximate surface area is 178 Å². The fraction of sp³-hybridized carbons (Fsp3) is 0.143. The monoisotopic (exact) mass is 440 g/mol. The highest BCUT2D eigenvalue weighted by Gasteiger charge is 2.29. The summed E-state index contributed by atoms with van der Waals surface area (Å²) in [7, 11) is 0.286. The molecule has 0 bridgehead atoms. The molecule has 0 aliphatic carbocycles. The summed E-state index contributed by atoms with van der Waals surface area (Å²) in [6.45, 7) is 0. The average Bonchev–Trinajstić information content (AvgIpc) is 3.40. The van der Waals surface area contributed by atoms with Crippen molar-refractivity contribution in [2.75, 3.05) is 12.8 Å². The smallest absolute Gasteiger partial charge is 0.225 e. The van der Waals surface area contributed by atoms with Crippen molar-refractivity contribution in [3.05, 3.63) is 65.6 Å². The van der Waals surface area contributed by atoms with Crippen molar-refractivity contribution >= 4 is 38.4 Å². The third-order valence-corrected chi connectivity index (χ3v) is 7.79. The number of aliphatic imine (C=N–C) groups is 1. The van der Waals surface area contributed by atoms with Crippen molar-refractivity contribution in [3.8, 4) is 22.6 Å². The Kier molecular flexibility index (Phi) is 4.63. The highest BCUT2D eigenvalue weighted by molar-refractivity contribution is 7.83. The molecule has 6 nitrogen and oxygen atoms in total. The van der Waals surface area contributed by atoms with Crippen molar-refractivity contribution in [3.63, 3.8) is 0 Å². The van der Waals surface area contributed by atoms with Gasteiger partial charge >= 0.3 is 0 Å². The molecule has 4 aromatic rings. The lowest BCUT2D eigenvalue weighted by molar-refractivity contribution is 0.574. The van der Waals surface area contributed by atoms with E-state index in [1.807, 2.05) is 36.4 Å². The van der Waals surface area contributed by atoms with Crippen LogP contribution in [0, 0.1) is 5.82 Å². The Morgan fingerprint density at radius 3 is 2.70 bits per heavy atom. The van der Waals surface area contributed by atoms with E-state index in [-0.39, 0.29) is 17.5 Å². The number of oxazole rings is 1. The van der Waals surface area contributed by atoms with E-state index in [1.54, 1.807) is 19.3 Å². The van der Waals surface area contributed by atoms with Crippen molar-refractivity contribution in [1.29, 1.82) is 0 Å². The zero-order valence-electron chi connectivity index (χ0n) is 15.9. The third kappa shape index (κ3) is 3.10. The second-order valence-corrected chi connectivity index (χ2v) is 9.44. The number of halogens is 1. The molecule has 5 rings (SSSR count). The maximum Gasteiger partial charge on any atom is 0.225 e. The van der Waals surface area contributed by atoms with Crippen LogP contribution in [0.1, 0.15) is 10.9 Å². The predicted molar refractivity (Wildman–Crippen MR) is 118 cm³/mol. The van der Waals surface area contributed by atoms with Gasteiger partial charge in [0.25, 0.3) is 0 Å². The lowest BCUT2D eigenvalue weighted by Gasteiger charge is -2.25. The molecule has 152 valence electrons. The number of aromatic nitrogens is 1. The maximum absolute atomic E-state index is 15.3. The average molecular weight is 441 g/mol. The Balaban J connectivity index is 1.58. The minimum absolute atomic E-state index is 0.156. The number of fused-ring (bicyclic) bond motifs is 1. The van der Waals surface area contributed by atoms with E-state index in [0.717, 1.165) is 21.4 Å². The second kappa shape index (κ2) is 7.33. The van der Waals surface area contributed by atoms with E-state index >= 15 is 4.39 Å². The van der Waals surface area contributed by atoms with Crippen LogP contribution in [0.3, 0.4) is 0 Å². The van der Waals surface area contributed by atoms with Gasteiger partial charge in [0.05, 0.1) is 16.8 Å². The molecule has 2 aromatic carbocycles. The van der Waals surface area contributed by atoms with Gasteiger partial charge in [0.1, 0.15) is 29.1 Å². The van der Waals surface area contributed by atoms with E-state index in [2.05, 4.69) is 9.98 Å². The van der Waals surface area contributed by atoms with Gasteiger partial charge in [0, 0.05) is 22.7 Å². The molecule has 1 aliphatic rings. The van der Waals surface area contributed by atoms with Crippen LogP contribution >= 0.6 is 11.3 Å². The molecule has 2 atom stereocenters. The number of rotatable bonds is 3. The molecule has 0 saturated heterocycles. The van der Waals surface area contributed by atoms with E-state index in [4.69, 9.17) is 10.2 Å². The summed E-state index contributed by atoms with van der Waals surface area (Å²) in [5, 5.41) is 0.530. The SMILES string of the molecule is CN1C(N)=NC(c2sc3c(-c4ccc(-c5ncco5)cc4)cccc3c2F)CS1=O. The Morgan fingerprint density at radius 2 is 2.00 bits per heavy atom. The molecule has 2 aromatic heterocycles. The van der Waals surface area contributed by atoms with Gasteiger partial charge in [-0.2, -0.15) is 0 Å². The lowest BCUT2D eigenvalue weighted by Crippen LogP contribution is -2.41. The van der Waals surface area contributed by atoms with Crippen LogP contribution in [-0.4, -0.2) is 32.3 Å². The zero-order chi connectivity index (χ0) is 20.8. The molecular formula is C21H17FN4O2S2. The summed E-state index contributed by atoms with van der Waals surface area (Å²) in [5.74, 6) is 0.594. The molecule has 9 heteroatoms. The molecule has 30 heavy (non-hydrogen) atoms. The van der Waals surface area contributed by atoms with Crippen molar-refractivity contribution in [2.24, 2.45) is 10.7 Å². The first-order chi connectivity index (χ1) is 14.5. The van der Waals surface area contributed by atoms with Crippen molar-refractivity contribution in [2.45, 2.75) is 6.04 Å². The van der Waals surface area contributed by atoms with Crippen LogP contribution in [0.2, 0.25) is 0 Å². The van der Waals surface area contributed by atoms with E-state index in [0.29, 0.717) is 16.2 Å². The van der Waals surface area contributed by atoms with Gasteiger partial charge in [-0.25, -0.2) is 18.6 Å². The highest BCUT2D eigenvalue weighted by Crippen LogP contribution is 2.41. The fourth-order valence-corrected chi connectivity index (χ4v) is 5.82. The summed E-state index contributed by atoms with van der Waals surface area (Å²) in [6.07, 6.45) is 3.14. The summed E-state index contributed by atoms with van der Waals surface area (Å²) >= 11 is 1.34. The lowest BCUT2D eigenvalue weighted by atomic mass is 10.0. The van der Waals surface area contributed by atoms with Gasteiger partial charge in [-0.05, 0) is 23.3 Å². The minimum Gasteiger partial charge on any atom is -0.445 e. The van der Waals surface area contributed by atoms with Gasteiger partial charge in [0.2, 0.25) is 11.9 Å². The Hall–Kier alpha value is -3.04. The van der Waals surface area contributed by atoms with Gasteiger partial charge < -0.3 is 10.2 Å². The number of benzene rings is 2. The number of guanidine groups is 1. The minimum atomic E-state index is -1.33. The first-order valence-corrected chi connectivity index (χ1v) is 11.3. The van der Waals surface area contributed by atoms with Crippen LogP contribution in [0.4, 0.5) is 4.39 Å². The molecule has 0 fully saturated rings. The maximum atomic E-state index is 15.3. The molecule has 1 aliphatic heterocycles. The van der Waals surface area contributed by atoms with Gasteiger partial charge in [0.15, 0.2) is 0 Å². The van der Waals surface area contributed by atoms with Crippen LogP contribution in [0.25, 0.3) is 32.7 Å². The van der Waals surface area contributed by atoms with Crippen LogP contribution in [-0.2, 0) is 11.0 Å². The van der Waals surface area contributed by atoms with Crippen LogP contribution in [0.15, 0.2) is 64.3 Å². The molecule has 3 heterocycles. The molecular weight excluding hydrogens is 423 g/mol. The molecule has 0 amide bonds. The Bertz CT molecular complexity index is 1280. The largest absolute Gasteiger partial charge is 0.445 e. The molecule has 0 radical (unpaired) electrons. The summed E-state index contributed by atoms with van der Waals surface area (Å²) < 4.78 is 35.1. The van der Waals surface area contributed by atoms with E-state index < -0.39 is 17.0 Å². The number of nitrogens with zero attached hydrogens (tertiary/aromatic N) is 3. The van der Waals surface area contributed by atoms with E-state index in [1.165, 1.54) is 21.9 Å². The zero-order valence-corrected chi connectivity index (χ0v) is 17.5. The standard InChI is InChI=1S/C21H17FN4O2S2/c1-26-21(23)25-16(11-30(26)27)19-17(22)15-4-2-3-14(18(15)29-19)12-5-7-13(8-6-12)20-24-9-10-28-20/h2-10,16H,11H2,1H3,(H2,23,25). The second-order valence-electron chi connectivity index (χ2n) is 6.87. The first kappa shape index (κ1) is 19.0. The number of thiophene rings is 1. The van der Waals surface area contributed by atoms with Crippen molar-refractivity contribution < 1.29 is 13.0 Å². The van der Waals surface area contributed by atoms with Crippen molar-refractivity contribution in [1.82, 2.24) is 9.29 Å². The predicted octanol–water partition coefficient (Wildman–Crippen LogP) is 4.33. The highest BCUT2D eigenvalue weighted by atomic mass is 32.2. The van der Waals surface area contributed by atoms with E-state index in [9.17, 15) is 4.21 Å². The fourth-order valence-electron chi connectivity index (χ4n) is 3.47. The molecule has 2 unspecified atom stereocenters.